The molecule has 0 saturated carbocycles. The zero-order chi connectivity index (χ0) is 12.4. The number of benzene rings is 1. The first-order valence-corrected chi connectivity index (χ1v) is 6.39. The van der Waals surface area contributed by atoms with Crippen LogP contribution in [0.15, 0.2) is 18.2 Å². The van der Waals surface area contributed by atoms with Crippen LogP contribution in [0.5, 0.6) is 0 Å². The second kappa shape index (κ2) is 5.25. The van der Waals surface area contributed by atoms with E-state index in [9.17, 15) is 5.11 Å². The summed E-state index contributed by atoms with van der Waals surface area (Å²) in [6, 6.07) is 5.61. The molecule has 2 rings (SSSR count). The highest BCUT2D eigenvalue weighted by molar-refractivity contribution is 6.31. The summed E-state index contributed by atoms with van der Waals surface area (Å²) in [4.78, 5) is 2.30. The molecule has 0 radical (unpaired) electrons. The van der Waals surface area contributed by atoms with Crippen molar-refractivity contribution in [3.63, 3.8) is 0 Å². The van der Waals surface area contributed by atoms with Crippen molar-refractivity contribution in [3.05, 3.63) is 28.8 Å². The fourth-order valence-electron chi connectivity index (χ4n) is 2.37. The molecule has 0 spiro atoms. The number of hydrogen-bond donors (Lipinski definition) is 2. The van der Waals surface area contributed by atoms with Gasteiger partial charge in [-0.1, -0.05) is 17.7 Å². The third-order valence-corrected chi connectivity index (χ3v) is 3.88. The van der Waals surface area contributed by atoms with E-state index in [-0.39, 0.29) is 6.10 Å². The molecule has 2 atom stereocenters. The minimum atomic E-state index is -0.233. The molecule has 3 N–H and O–H groups in total. The molecule has 2 unspecified atom stereocenters. The molecule has 94 valence electrons. The van der Waals surface area contributed by atoms with Gasteiger partial charge in [0.1, 0.15) is 0 Å². The van der Waals surface area contributed by atoms with Crippen molar-refractivity contribution >= 4 is 17.3 Å². The van der Waals surface area contributed by atoms with E-state index in [0.29, 0.717) is 5.92 Å². The number of halogens is 1. The van der Waals surface area contributed by atoms with Crippen LogP contribution in [0.25, 0.3) is 0 Å². The summed E-state index contributed by atoms with van der Waals surface area (Å²) in [5.41, 5.74) is 7.68. The first-order chi connectivity index (χ1) is 8.08. The minimum Gasteiger partial charge on any atom is -0.398 e. The van der Waals surface area contributed by atoms with E-state index in [0.717, 1.165) is 42.3 Å². The Morgan fingerprint density at radius 1 is 1.59 bits per heavy atom. The van der Waals surface area contributed by atoms with Gasteiger partial charge in [0.25, 0.3) is 0 Å². The van der Waals surface area contributed by atoms with Gasteiger partial charge in [-0.15, -0.1) is 0 Å². The van der Waals surface area contributed by atoms with Gasteiger partial charge in [-0.2, -0.15) is 0 Å². The third kappa shape index (κ3) is 2.92. The Morgan fingerprint density at radius 2 is 2.35 bits per heavy atom. The Bertz CT molecular complexity index is 375. The van der Waals surface area contributed by atoms with Crippen LogP contribution in [0, 0.1) is 5.92 Å². The van der Waals surface area contributed by atoms with E-state index in [2.05, 4.69) is 4.90 Å². The van der Waals surface area contributed by atoms with Gasteiger partial charge < -0.3 is 10.8 Å². The Labute approximate surface area is 107 Å². The molecule has 3 nitrogen and oxygen atoms in total. The molecule has 0 aliphatic carbocycles. The number of aliphatic hydroxyl groups is 1. The van der Waals surface area contributed by atoms with E-state index in [1.807, 2.05) is 25.1 Å². The Hall–Kier alpha value is -0.770. The third-order valence-electron chi connectivity index (χ3n) is 3.53. The van der Waals surface area contributed by atoms with Crippen LogP contribution in [0.2, 0.25) is 5.02 Å². The standard InChI is InChI=1S/C13H19ClN2O/c1-9(17)10-5-6-16(7-10)8-11-12(14)3-2-4-13(11)15/h2-4,9-10,17H,5-8,15H2,1H3. The lowest BCUT2D eigenvalue weighted by Gasteiger charge is -2.19. The topological polar surface area (TPSA) is 49.5 Å². The van der Waals surface area contributed by atoms with Crippen molar-refractivity contribution in [2.24, 2.45) is 5.92 Å². The fraction of sp³-hybridized carbons (Fsp3) is 0.538. The lowest BCUT2D eigenvalue weighted by molar-refractivity contribution is 0.127. The number of nitrogen functional groups attached to an aromatic ring is 1. The number of nitrogens with two attached hydrogens (primary N) is 1. The number of likely N-dealkylation sites (tertiary alicyclic amines) is 1. The van der Waals surface area contributed by atoms with E-state index in [1.54, 1.807) is 0 Å². The average molecular weight is 255 g/mol. The van der Waals surface area contributed by atoms with Crippen LogP contribution in [-0.2, 0) is 6.54 Å². The van der Waals surface area contributed by atoms with E-state index in [4.69, 9.17) is 17.3 Å². The first-order valence-electron chi connectivity index (χ1n) is 6.01. The van der Waals surface area contributed by atoms with E-state index >= 15 is 0 Å². The normalized spacial score (nSPS) is 22.9. The van der Waals surface area contributed by atoms with Crippen LogP contribution in [0.4, 0.5) is 5.69 Å². The van der Waals surface area contributed by atoms with Crippen LogP contribution >= 0.6 is 11.6 Å². The maximum atomic E-state index is 9.57. The maximum Gasteiger partial charge on any atom is 0.0552 e. The first kappa shape index (κ1) is 12.7. The number of hydrogen-bond acceptors (Lipinski definition) is 3. The molecular weight excluding hydrogens is 236 g/mol. The van der Waals surface area contributed by atoms with Crippen molar-refractivity contribution in [2.75, 3.05) is 18.8 Å². The fourth-order valence-corrected chi connectivity index (χ4v) is 2.61. The van der Waals surface area contributed by atoms with Gasteiger partial charge in [0.2, 0.25) is 0 Å². The molecular formula is C13H19ClN2O. The molecule has 17 heavy (non-hydrogen) atoms. The Kier molecular flexibility index (Phi) is 3.92. The molecule has 0 amide bonds. The lowest BCUT2D eigenvalue weighted by Crippen LogP contribution is -2.24. The van der Waals surface area contributed by atoms with Gasteiger partial charge in [-0.05, 0) is 37.9 Å². The summed E-state index contributed by atoms with van der Waals surface area (Å²) >= 11 is 6.15. The molecule has 1 aromatic rings. The maximum absolute atomic E-state index is 9.57. The van der Waals surface area contributed by atoms with E-state index in [1.165, 1.54) is 0 Å². The second-order valence-corrected chi connectivity index (χ2v) is 5.24. The molecule has 0 aromatic heterocycles. The molecule has 1 aromatic carbocycles. The number of anilines is 1. The molecule has 1 heterocycles. The highest BCUT2D eigenvalue weighted by Crippen LogP contribution is 2.27. The quantitative estimate of drug-likeness (QED) is 0.813. The van der Waals surface area contributed by atoms with Crippen molar-refractivity contribution in [2.45, 2.75) is 26.0 Å². The molecule has 1 aliphatic rings. The van der Waals surface area contributed by atoms with Crippen LogP contribution in [0.1, 0.15) is 18.9 Å². The van der Waals surface area contributed by atoms with Gasteiger partial charge in [0.15, 0.2) is 0 Å². The Morgan fingerprint density at radius 3 is 2.94 bits per heavy atom. The number of nitrogens with zero attached hydrogens (tertiary/aromatic N) is 1. The molecule has 1 aliphatic heterocycles. The summed E-state index contributed by atoms with van der Waals surface area (Å²) in [6.45, 7) is 4.55. The summed E-state index contributed by atoms with van der Waals surface area (Å²) in [7, 11) is 0. The van der Waals surface area contributed by atoms with Gasteiger partial charge in [-0.3, -0.25) is 4.90 Å². The van der Waals surface area contributed by atoms with Crippen LogP contribution < -0.4 is 5.73 Å². The van der Waals surface area contributed by atoms with Crippen molar-refractivity contribution in [1.29, 1.82) is 0 Å². The zero-order valence-corrected chi connectivity index (χ0v) is 10.8. The molecule has 1 fully saturated rings. The van der Waals surface area contributed by atoms with E-state index < -0.39 is 0 Å². The summed E-state index contributed by atoms with van der Waals surface area (Å²) < 4.78 is 0. The van der Waals surface area contributed by atoms with Gasteiger partial charge >= 0.3 is 0 Å². The number of rotatable bonds is 3. The Balaban J connectivity index is 2.03. The minimum absolute atomic E-state index is 0.233. The summed E-state index contributed by atoms with van der Waals surface area (Å²) in [5.74, 6) is 0.374. The van der Waals surface area contributed by atoms with Crippen LogP contribution in [0.3, 0.4) is 0 Å². The van der Waals surface area contributed by atoms with Gasteiger partial charge in [-0.25, -0.2) is 0 Å². The number of aliphatic hydroxyl groups excluding tert-OH is 1. The summed E-state index contributed by atoms with van der Waals surface area (Å²) in [5, 5.41) is 10.3. The second-order valence-electron chi connectivity index (χ2n) is 4.83. The average Bonchev–Trinajstić information content (AvgIpc) is 2.72. The monoisotopic (exact) mass is 254 g/mol. The highest BCUT2D eigenvalue weighted by Gasteiger charge is 2.26. The summed E-state index contributed by atoms with van der Waals surface area (Å²) in [6.07, 6.45) is 0.811. The smallest absolute Gasteiger partial charge is 0.0552 e. The van der Waals surface area contributed by atoms with Gasteiger partial charge in [0.05, 0.1) is 6.10 Å². The van der Waals surface area contributed by atoms with Gasteiger partial charge in [0, 0.05) is 29.4 Å². The molecule has 0 bridgehead atoms. The van der Waals surface area contributed by atoms with Crippen molar-refractivity contribution < 1.29 is 5.11 Å². The lowest BCUT2D eigenvalue weighted by atomic mass is 10.0. The SMILES string of the molecule is CC(O)C1CCN(Cc2c(N)cccc2Cl)C1. The largest absolute Gasteiger partial charge is 0.398 e. The zero-order valence-electron chi connectivity index (χ0n) is 10.1. The van der Waals surface area contributed by atoms with Crippen LogP contribution in [-0.4, -0.2) is 29.2 Å². The highest BCUT2D eigenvalue weighted by atomic mass is 35.5. The van der Waals surface area contributed by atoms with Crippen molar-refractivity contribution in [1.82, 2.24) is 4.90 Å². The molecule has 4 heteroatoms. The predicted octanol–water partition coefficient (Wildman–Crippen LogP) is 2.12. The van der Waals surface area contributed by atoms with Crippen molar-refractivity contribution in [3.8, 4) is 0 Å². The molecule has 1 saturated heterocycles. The predicted molar refractivity (Wildman–Crippen MR) is 70.9 cm³/mol.